The minimum atomic E-state index is -0.0172. The Labute approximate surface area is 131 Å². The molecule has 0 heterocycles. The fourth-order valence-electron chi connectivity index (χ4n) is 2.11. The minimum Gasteiger partial charge on any atom is -0.492 e. The molecule has 4 nitrogen and oxygen atoms in total. The van der Waals surface area contributed by atoms with Crippen LogP contribution in [0, 0.1) is 6.92 Å². The van der Waals surface area contributed by atoms with Gasteiger partial charge >= 0.3 is 0 Å². The molecule has 4 heteroatoms. The van der Waals surface area contributed by atoms with Crippen LogP contribution in [0.1, 0.15) is 21.5 Å². The van der Waals surface area contributed by atoms with Gasteiger partial charge in [0.05, 0.1) is 6.54 Å². The third-order valence-corrected chi connectivity index (χ3v) is 3.47. The molecule has 0 saturated heterocycles. The normalized spacial score (nSPS) is 10.3. The van der Waals surface area contributed by atoms with Gasteiger partial charge in [-0.1, -0.05) is 24.3 Å². The van der Waals surface area contributed by atoms with E-state index in [1.165, 1.54) is 0 Å². The van der Waals surface area contributed by atoms with Crippen LogP contribution in [-0.2, 0) is 6.54 Å². The van der Waals surface area contributed by atoms with Crippen LogP contribution in [0.5, 0.6) is 5.75 Å². The van der Waals surface area contributed by atoms with Crippen molar-refractivity contribution in [1.82, 2.24) is 4.90 Å². The molecule has 0 unspecified atom stereocenters. The van der Waals surface area contributed by atoms with Crippen LogP contribution in [0.25, 0.3) is 0 Å². The summed E-state index contributed by atoms with van der Waals surface area (Å²) in [5.41, 5.74) is 8.39. The zero-order valence-corrected chi connectivity index (χ0v) is 13.1. The second-order valence-corrected chi connectivity index (χ2v) is 5.29. The zero-order chi connectivity index (χ0) is 15.9. The smallest absolute Gasteiger partial charge is 0.253 e. The van der Waals surface area contributed by atoms with Crippen LogP contribution >= 0.6 is 0 Å². The number of aryl methyl sites for hydroxylation is 1. The monoisotopic (exact) mass is 298 g/mol. The highest BCUT2D eigenvalue weighted by atomic mass is 16.5. The molecule has 0 aromatic heterocycles. The number of likely N-dealkylation sites (N-methyl/N-ethyl adjacent to an activating group) is 1. The van der Waals surface area contributed by atoms with Crippen molar-refractivity contribution < 1.29 is 9.53 Å². The molecule has 2 aromatic rings. The van der Waals surface area contributed by atoms with Gasteiger partial charge < -0.3 is 15.4 Å². The Balaban J connectivity index is 1.85. The molecular weight excluding hydrogens is 276 g/mol. The van der Waals surface area contributed by atoms with Crippen LogP contribution in [-0.4, -0.2) is 31.0 Å². The first kappa shape index (κ1) is 16.0. The summed E-state index contributed by atoms with van der Waals surface area (Å²) < 4.78 is 5.67. The Bertz CT molecular complexity index is 623. The van der Waals surface area contributed by atoms with E-state index >= 15 is 0 Å². The lowest BCUT2D eigenvalue weighted by molar-refractivity contribution is 0.0773. The summed E-state index contributed by atoms with van der Waals surface area (Å²) in [5, 5.41) is 0. The van der Waals surface area contributed by atoms with E-state index in [4.69, 9.17) is 10.5 Å². The van der Waals surface area contributed by atoms with E-state index in [0.29, 0.717) is 25.3 Å². The topological polar surface area (TPSA) is 55.6 Å². The van der Waals surface area contributed by atoms with Gasteiger partial charge in [0, 0.05) is 19.2 Å². The van der Waals surface area contributed by atoms with Crippen molar-refractivity contribution in [1.29, 1.82) is 0 Å². The SMILES string of the molecule is Cc1cccc(OCCN(C)C(=O)c2ccc(CN)cc2)c1. The fraction of sp³-hybridized carbons (Fsp3) is 0.278. The predicted molar refractivity (Wildman–Crippen MR) is 88.0 cm³/mol. The van der Waals surface area contributed by atoms with Gasteiger partial charge in [-0.2, -0.15) is 0 Å². The van der Waals surface area contributed by atoms with Gasteiger partial charge in [0.15, 0.2) is 0 Å². The van der Waals surface area contributed by atoms with Crippen LogP contribution in [0.2, 0.25) is 0 Å². The van der Waals surface area contributed by atoms with Crippen molar-refractivity contribution in [2.24, 2.45) is 5.73 Å². The summed E-state index contributed by atoms with van der Waals surface area (Å²) in [4.78, 5) is 13.9. The molecule has 2 rings (SSSR count). The van der Waals surface area contributed by atoms with Crippen molar-refractivity contribution >= 4 is 5.91 Å². The van der Waals surface area contributed by atoms with Crippen LogP contribution in [0.3, 0.4) is 0 Å². The van der Waals surface area contributed by atoms with Gasteiger partial charge in [0.1, 0.15) is 12.4 Å². The summed E-state index contributed by atoms with van der Waals surface area (Å²) in [6.07, 6.45) is 0. The molecule has 22 heavy (non-hydrogen) atoms. The fourth-order valence-corrected chi connectivity index (χ4v) is 2.11. The summed E-state index contributed by atoms with van der Waals surface area (Å²) in [6, 6.07) is 15.2. The lowest BCUT2D eigenvalue weighted by Crippen LogP contribution is -2.30. The summed E-state index contributed by atoms with van der Waals surface area (Å²) in [7, 11) is 1.78. The molecule has 2 aromatic carbocycles. The Morgan fingerprint density at radius 2 is 1.91 bits per heavy atom. The Morgan fingerprint density at radius 1 is 1.18 bits per heavy atom. The number of ether oxygens (including phenoxy) is 1. The molecule has 116 valence electrons. The molecular formula is C18H22N2O2. The number of nitrogens with two attached hydrogens (primary N) is 1. The van der Waals surface area contributed by atoms with Crippen LogP contribution < -0.4 is 10.5 Å². The summed E-state index contributed by atoms with van der Waals surface area (Å²) >= 11 is 0. The minimum absolute atomic E-state index is 0.0172. The van der Waals surface area contributed by atoms with Crippen molar-refractivity contribution in [3.8, 4) is 5.75 Å². The Hall–Kier alpha value is -2.33. The van der Waals surface area contributed by atoms with Gasteiger partial charge in [-0.05, 0) is 42.3 Å². The molecule has 2 N–H and O–H groups in total. The highest BCUT2D eigenvalue weighted by Gasteiger charge is 2.11. The maximum Gasteiger partial charge on any atom is 0.253 e. The summed E-state index contributed by atoms with van der Waals surface area (Å²) in [5.74, 6) is 0.810. The molecule has 0 aliphatic heterocycles. The highest BCUT2D eigenvalue weighted by molar-refractivity contribution is 5.94. The molecule has 0 spiro atoms. The van der Waals surface area contributed by atoms with Crippen molar-refractivity contribution in [3.63, 3.8) is 0 Å². The number of amides is 1. The van der Waals surface area contributed by atoms with E-state index in [1.54, 1.807) is 11.9 Å². The van der Waals surface area contributed by atoms with E-state index in [2.05, 4.69) is 0 Å². The molecule has 0 aliphatic rings. The van der Waals surface area contributed by atoms with Gasteiger partial charge in [0.25, 0.3) is 5.91 Å². The van der Waals surface area contributed by atoms with Gasteiger partial charge in [-0.15, -0.1) is 0 Å². The number of carbonyl (C=O) groups excluding carboxylic acids is 1. The quantitative estimate of drug-likeness (QED) is 0.892. The Morgan fingerprint density at radius 3 is 2.55 bits per heavy atom. The molecule has 0 saturated carbocycles. The third-order valence-electron chi connectivity index (χ3n) is 3.47. The lowest BCUT2D eigenvalue weighted by Gasteiger charge is -2.18. The summed E-state index contributed by atoms with van der Waals surface area (Å²) in [6.45, 7) is 3.50. The maximum absolute atomic E-state index is 12.3. The second kappa shape index (κ2) is 7.61. The first-order valence-corrected chi connectivity index (χ1v) is 7.34. The third kappa shape index (κ3) is 4.33. The predicted octanol–water partition coefficient (Wildman–Crippen LogP) is 2.60. The number of nitrogens with zero attached hydrogens (tertiary/aromatic N) is 1. The van der Waals surface area contributed by atoms with Gasteiger partial charge in [-0.3, -0.25) is 4.79 Å². The van der Waals surface area contributed by atoms with Crippen molar-refractivity contribution in [2.45, 2.75) is 13.5 Å². The largest absolute Gasteiger partial charge is 0.492 e. The molecule has 1 amide bonds. The molecule has 0 atom stereocenters. The average molecular weight is 298 g/mol. The van der Waals surface area contributed by atoms with Crippen molar-refractivity contribution in [2.75, 3.05) is 20.2 Å². The molecule has 0 bridgehead atoms. The Kier molecular flexibility index (Phi) is 5.55. The molecule has 0 aliphatic carbocycles. The van der Waals surface area contributed by atoms with Gasteiger partial charge in [0.2, 0.25) is 0 Å². The van der Waals surface area contributed by atoms with Crippen LogP contribution in [0.15, 0.2) is 48.5 Å². The standard InChI is InChI=1S/C18H22N2O2/c1-14-4-3-5-17(12-14)22-11-10-20(2)18(21)16-8-6-15(13-19)7-9-16/h3-9,12H,10-11,13,19H2,1-2H3. The van der Waals surface area contributed by atoms with E-state index in [9.17, 15) is 4.79 Å². The highest BCUT2D eigenvalue weighted by Crippen LogP contribution is 2.12. The van der Waals surface area contributed by atoms with E-state index < -0.39 is 0 Å². The molecule has 0 radical (unpaired) electrons. The zero-order valence-electron chi connectivity index (χ0n) is 13.1. The van der Waals surface area contributed by atoms with E-state index in [-0.39, 0.29) is 5.91 Å². The average Bonchev–Trinajstić information content (AvgIpc) is 2.54. The maximum atomic E-state index is 12.3. The number of benzene rings is 2. The van der Waals surface area contributed by atoms with Crippen molar-refractivity contribution in [3.05, 3.63) is 65.2 Å². The van der Waals surface area contributed by atoms with E-state index in [1.807, 2.05) is 55.5 Å². The van der Waals surface area contributed by atoms with Crippen LogP contribution in [0.4, 0.5) is 0 Å². The second-order valence-electron chi connectivity index (χ2n) is 5.29. The number of rotatable bonds is 6. The lowest BCUT2D eigenvalue weighted by atomic mass is 10.1. The van der Waals surface area contributed by atoms with E-state index in [0.717, 1.165) is 16.9 Å². The number of hydrogen-bond acceptors (Lipinski definition) is 3. The van der Waals surface area contributed by atoms with Gasteiger partial charge in [-0.25, -0.2) is 0 Å². The number of hydrogen-bond donors (Lipinski definition) is 1. The first-order chi connectivity index (χ1) is 10.6. The molecule has 0 fully saturated rings. The number of carbonyl (C=O) groups is 1. The first-order valence-electron chi connectivity index (χ1n) is 7.34.